The molecule has 1 amide bonds. The molecule has 2 nitrogen and oxygen atoms in total. The molecular weight excluding hydrogens is 162 g/mol. The zero-order valence-corrected chi connectivity index (χ0v) is 7.91. The van der Waals surface area contributed by atoms with E-state index in [0.717, 1.165) is 19.3 Å². The summed E-state index contributed by atoms with van der Waals surface area (Å²) < 4.78 is 0. The number of halogens is 1. The van der Waals surface area contributed by atoms with Crippen molar-refractivity contribution in [2.75, 3.05) is 0 Å². The second-order valence-corrected chi connectivity index (χ2v) is 2.39. The molecule has 11 heavy (non-hydrogen) atoms. The van der Waals surface area contributed by atoms with Crippen LogP contribution in [0.25, 0.3) is 0 Å². The number of hydrogen-bond acceptors (Lipinski definition) is 1. The first-order valence-electron chi connectivity index (χ1n) is 3.65. The lowest BCUT2D eigenvalue weighted by atomic mass is 10.2. The minimum absolute atomic E-state index is 0. The molecule has 2 N–H and O–H groups in total. The van der Waals surface area contributed by atoms with Crippen LogP contribution in [0, 0.1) is 0 Å². The molecule has 0 radical (unpaired) electrons. The van der Waals surface area contributed by atoms with Crippen LogP contribution in [0.15, 0.2) is 11.6 Å². The molecule has 0 saturated heterocycles. The molecular formula is C8H16ClNO. The molecule has 0 aliphatic heterocycles. The monoisotopic (exact) mass is 177 g/mol. The lowest BCUT2D eigenvalue weighted by Crippen LogP contribution is -2.11. The standard InChI is InChI=1S/C8H15NO.ClH/c1-3-4-5-6-7(2)8(9)10;/h6H,3-5H2,1-2H3,(H2,9,10);1H. The average Bonchev–Trinajstić information content (AvgIpc) is 1.88. The van der Waals surface area contributed by atoms with Crippen molar-refractivity contribution >= 4 is 18.3 Å². The molecule has 0 aliphatic carbocycles. The quantitative estimate of drug-likeness (QED) is 0.518. The Morgan fingerprint density at radius 2 is 2.09 bits per heavy atom. The molecule has 0 spiro atoms. The van der Waals surface area contributed by atoms with Crippen molar-refractivity contribution in [3.05, 3.63) is 11.6 Å². The fraction of sp³-hybridized carbons (Fsp3) is 0.625. The molecule has 0 atom stereocenters. The summed E-state index contributed by atoms with van der Waals surface area (Å²) in [4.78, 5) is 10.4. The van der Waals surface area contributed by atoms with Crippen LogP contribution in [0.1, 0.15) is 33.1 Å². The van der Waals surface area contributed by atoms with Gasteiger partial charge in [0.2, 0.25) is 5.91 Å². The fourth-order valence-corrected chi connectivity index (χ4v) is 0.623. The molecule has 0 aromatic carbocycles. The highest BCUT2D eigenvalue weighted by molar-refractivity contribution is 5.91. The van der Waals surface area contributed by atoms with Gasteiger partial charge in [0, 0.05) is 5.57 Å². The van der Waals surface area contributed by atoms with E-state index in [0.29, 0.717) is 5.57 Å². The Hall–Kier alpha value is -0.500. The van der Waals surface area contributed by atoms with E-state index in [-0.39, 0.29) is 18.3 Å². The highest BCUT2D eigenvalue weighted by Crippen LogP contribution is 1.99. The molecule has 0 fully saturated rings. The lowest BCUT2D eigenvalue weighted by Gasteiger charge is -1.92. The van der Waals surface area contributed by atoms with E-state index < -0.39 is 0 Å². The van der Waals surface area contributed by atoms with E-state index in [2.05, 4.69) is 6.92 Å². The predicted molar refractivity (Wildman–Crippen MR) is 49.7 cm³/mol. The normalized spacial score (nSPS) is 10.5. The van der Waals surface area contributed by atoms with Gasteiger partial charge < -0.3 is 5.73 Å². The van der Waals surface area contributed by atoms with Gasteiger partial charge in [-0.15, -0.1) is 12.4 Å². The van der Waals surface area contributed by atoms with E-state index in [1.54, 1.807) is 6.92 Å². The molecule has 0 aromatic rings. The minimum Gasteiger partial charge on any atom is -0.366 e. The number of carbonyl (C=O) groups excluding carboxylic acids is 1. The number of hydrogen-bond donors (Lipinski definition) is 1. The highest BCUT2D eigenvalue weighted by atomic mass is 35.5. The first kappa shape index (κ1) is 13.1. The Kier molecular flexibility index (Phi) is 9.07. The predicted octanol–water partition coefficient (Wildman–Crippen LogP) is 2.03. The van der Waals surface area contributed by atoms with E-state index in [9.17, 15) is 4.79 Å². The van der Waals surface area contributed by atoms with Gasteiger partial charge in [-0.1, -0.05) is 25.8 Å². The van der Waals surface area contributed by atoms with Crippen LogP contribution in [0.2, 0.25) is 0 Å². The van der Waals surface area contributed by atoms with Gasteiger partial charge in [0.1, 0.15) is 0 Å². The lowest BCUT2D eigenvalue weighted by molar-refractivity contribution is -0.114. The van der Waals surface area contributed by atoms with Gasteiger partial charge in [0.25, 0.3) is 0 Å². The number of allylic oxidation sites excluding steroid dienone is 1. The van der Waals surface area contributed by atoms with Gasteiger partial charge in [-0.3, -0.25) is 4.79 Å². The third-order valence-corrected chi connectivity index (χ3v) is 1.40. The van der Waals surface area contributed by atoms with Crippen LogP contribution in [-0.2, 0) is 4.79 Å². The van der Waals surface area contributed by atoms with Crippen LogP contribution < -0.4 is 5.73 Å². The summed E-state index contributed by atoms with van der Waals surface area (Å²) in [5, 5.41) is 0. The molecule has 0 unspecified atom stereocenters. The topological polar surface area (TPSA) is 43.1 Å². The van der Waals surface area contributed by atoms with Crippen LogP contribution in [0.3, 0.4) is 0 Å². The summed E-state index contributed by atoms with van der Waals surface area (Å²) in [7, 11) is 0. The second-order valence-electron chi connectivity index (χ2n) is 2.39. The van der Waals surface area contributed by atoms with Crippen LogP contribution in [0.5, 0.6) is 0 Å². The minimum atomic E-state index is -0.309. The van der Waals surface area contributed by atoms with E-state index in [4.69, 9.17) is 5.73 Å². The maximum atomic E-state index is 10.4. The van der Waals surface area contributed by atoms with Crippen molar-refractivity contribution in [3.8, 4) is 0 Å². The Balaban J connectivity index is 0. The Morgan fingerprint density at radius 3 is 2.45 bits per heavy atom. The maximum Gasteiger partial charge on any atom is 0.244 e. The third kappa shape index (κ3) is 7.40. The molecule has 66 valence electrons. The second kappa shape index (κ2) is 7.61. The van der Waals surface area contributed by atoms with Crippen molar-refractivity contribution in [1.29, 1.82) is 0 Å². The molecule has 0 saturated carbocycles. The van der Waals surface area contributed by atoms with Crippen LogP contribution in [-0.4, -0.2) is 5.91 Å². The zero-order chi connectivity index (χ0) is 7.98. The number of unbranched alkanes of at least 4 members (excludes halogenated alkanes) is 2. The van der Waals surface area contributed by atoms with Gasteiger partial charge in [0.15, 0.2) is 0 Å². The smallest absolute Gasteiger partial charge is 0.244 e. The number of amides is 1. The van der Waals surface area contributed by atoms with Crippen LogP contribution in [0.4, 0.5) is 0 Å². The number of carbonyl (C=O) groups is 1. The average molecular weight is 178 g/mol. The summed E-state index contributed by atoms with van der Waals surface area (Å²) in [5.41, 5.74) is 5.69. The maximum absolute atomic E-state index is 10.4. The number of rotatable bonds is 4. The van der Waals surface area contributed by atoms with E-state index in [1.165, 1.54) is 0 Å². The first-order chi connectivity index (χ1) is 4.68. The van der Waals surface area contributed by atoms with Gasteiger partial charge in [0.05, 0.1) is 0 Å². The van der Waals surface area contributed by atoms with Crippen molar-refractivity contribution < 1.29 is 4.79 Å². The largest absolute Gasteiger partial charge is 0.366 e. The highest BCUT2D eigenvalue weighted by Gasteiger charge is 1.93. The first-order valence-corrected chi connectivity index (χ1v) is 3.65. The number of primary amides is 1. The molecule has 0 rings (SSSR count). The van der Waals surface area contributed by atoms with Crippen molar-refractivity contribution in [2.24, 2.45) is 5.73 Å². The molecule has 0 bridgehead atoms. The number of nitrogens with two attached hydrogens (primary N) is 1. The Labute approximate surface area is 74.3 Å². The molecule has 3 heteroatoms. The van der Waals surface area contributed by atoms with Gasteiger partial charge in [-0.2, -0.15) is 0 Å². The van der Waals surface area contributed by atoms with Crippen molar-refractivity contribution in [3.63, 3.8) is 0 Å². The summed E-state index contributed by atoms with van der Waals surface area (Å²) >= 11 is 0. The van der Waals surface area contributed by atoms with Gasteiger partial charge in [-0.05, 0) is 13.3 Å². The molecule has 0 aliphatic rings. The van der Waals surface area contributed by atoms with Crippen molar-refractivity contribution in [1.82, 2.24) is 0 Å². The Bertz CT molecular complexity index is 143. The summed E-state index contributed by atoms with van der Waals surface area (Å²) in [5.74, 6) is -0.309. The van der Waals surface area contributed by atoms with Gasteiger partial charge >= 0.3 is 0 Å². The fourth-order valence-electron chi connectivity index (χ4n) is 0.623. The summed E-state index contributed by atoms with van der Waals surface area (Å²) in [6.07, 6.45) is 5.14. The summed E-state index contributed by atoms with van der Waals surface area (Å²) in [6.45, 7) is 3.87. The third-order valence-electron chi connectivity index (χ3n) is 1.40. The van der Waals surface area contributed by atoms with E-state index >= 15 is 0 Å². The molecule has 0 aromatic heterocycles. The Morgan fingerprint density at radius 1 is 1.55 bits per heavy atom. The van der Waals surface area contributed by atoms with Gasteiger partial charge in [-0.25, -0.2) is 0 Å². The SMILES string of the molecule is CCCCC=C(C)C(N)=O.Cl. The van der Waals surface area contributed by atoms with Crippen molar-refractivity contribution in [2.45, 2.75) is 33.1 Å². The van der Waals surface area contributed by atoms with Crippen LogP contribution >= 0.6 is 12.4 Å². The zero-order valence-electron chi connectivity index (χ0n) is 7.09. The summed E-state index contributed by atoms with van der Waals surface area (Å²) in [6, 6.07) is 0. The van der Waals surface area contributed by atoms with E-state index in [1.807, 2.05) is 6.08 Å². The molecule has 0 heterocycles.